The molecular formula is C21H25BrN4O5. The number of amides is 3. The largest absolute Gasteiger partial charge is 0.481 e. The third-order valence-corrected chi connectivity index (χ3v) is 4.83. The van der Waals surface area contributed by atoms with Gasteiger partial charge in [0.15, 0.2) is 0 Å². The van der Waals surface area contributed by atoms with E-state index < -0.39 is 23.8 Å². The van der Waals surface area contributed by atoms with Crippen LogP contribution in [-0.2, 0) is 25.7 Å². The fourth-order valence-electron chi connectivity index (χ4n) is 2.86. The summed E-state index contributed by atoms with van der Waals surface area (Å²) in [7, 11) is 0. The highest BCUT2D eigenvalue weighted by Gasteiger charge is 2.22. The van der Waals surface area contributed by atoms with E-state index in [0.29, 0.717) is 12.2 Å². The summed E-state index contributed by atoms with van der Waals surface area (Å²) in [6.45, 7) is 2.32. The number of aliphatic carboxylic acids is 1. The summed E-state index contributed by atoms with van der Waals surface area (Å²) in [6, 6.07) is 8.22. The highest BCUT2D eigenvalue weighted by molar-refractivity contribution is 9.09. The second kappa shape index (κ2) is 11.9. The van der Waals surface area contributed by atoms with Gasteiger partial charge in [-0.15, -0.1) is 0 Å². The van der Waals surface area contributed by atoms with Gasteiger partial charge < -0.3 is 25.6 Å². The number of alkyl halides is 1. The minimum atomic E-state index is -1.08. The maximum absolute atomic E-state index is 12.7. The molecule has 3 amide bonds. The van der Waals surface area contributed by atoms with Crippen molar-refractivity contribution in [3.63, 3.8) is 0 Å². The van der Waals surface area contributed by atoms with Gasteiger partial charge in [-0.1, -0.05) is 28.1 Å². The number of carbonyl (C=O) groups is 4. The molecule has 9 nitrogen and oxygen atoms in total. The van der Waals surface area contributed by atoms with Gasteiger partial charge in [0, 0.05) is 31.0 Å². The van der Waals surface area contributed by atoms with Crippen molar-refractivity contribution < 1.29 is 24.3 Å². The summed E-state index contributed by atoms with van der Waals surface area (Å²) in [5, 5.41) is 16.6. The van der Waals surface area contributed by atoms with Crippen LogP contribution in [0.1, 0.15) is 24.0 Å². The Morgan fingerprint density at radius 3 is 2.58 bits per heavy atom. The molecule has 2 rings (SSSR count). The van der Waals surface area contributed by atoms with Crippen LogP contribution in [0.25, 0.3) is 0 Å². The van der Waals surface area contributed by atoms with Gasteiger partial charge in [0.25, 0.3) is 0 Å². The number of benzene rings is 1. The number of nitrogens with one attached hydrogen (secondary N) is 3. The Balaban J connectivity index is 2.02. The molecule has 2 aromatic rings. The Bertz CT molecular complexity index is 943. The molecule has 0 bridgehead atoms. The number of carbonyl (C=O) groups excluding carboxylic acids is 3. The van der Waals surface area contributed by atoms with E-state index in [9.17, 15) is 19.2 Å². The molecule has 0 unspecified atom stereocenters. The number of carboxylic acid groups (broad SMARTS) is 1. The molecule has 0 saturated carbocycles. The number of carboxylic acids is 1. The molecule has 0 aliphatic rings. The molecule has 0 saturated heterocycles. The Kier molecular flexibility index (Phi) is 9.26. The highest BCUT2D eigenvalue weighted by atomic mass is 79.9. The van der Waals surface area contributed by atoms with Gasteiger partial charge in [-0.3, -0.25) is 19.2 Å². The van der Waals surface area contributed by atoms with Crippen LogP contribution in [0.15, 0.2) is 42.7 Å². The summed E-state index contributed by atoms with van der Waals surface area (Å²) in [6.07, 6.45) is 3.60. The molecule has 0 radical (unpaired) electrons. The van der Waals surface area contributed by atoms with Crippen molar-refractivity contribution in [1.82, 2.24) is 15.2 Å². The molecule has 0 spiro atoms. The summed E-state index contributed by atoms with van der Waals surface area (Å²) < 4.78 is 2.02. The molecule has 1 aromatic heterocycles. The van der Waals surface area contributed by atoms with Crippen molar-refractivity contribution in [2.75, 3.05) is 17.2 Å². The van der Waals surface area contributed by atoms with Crippen LogP contribution in [0.2, 0.25) is 0 Å². The zero-order valence-electron chi connectivity index (χ0n) is 17.1. The van der Waals surface area contributed by atoms with E-state index in [0.717, 1.165) is 11.1 Å². The van der Waals surface area contributed by atoms with Crippen molar-refractivity contribution in [3.05, 3.63) is 53.9 Å². The summed E-state index contributed by atoms with van der Waals surface area (Å²) in [4.78, 5) is 47.0. The maximum Gasteiger partial charge on any atom is 0.303 e. The van der Waals surface area contributed by atoms with Crippen LogP contribution < -0.4 is 16.0 Å². The fourth-order valence-corrected chi connectivity index (χ4v) is 3.05. The average Bonchev–Trinajstić information content (AvgIpc) is 3.13. The lowest BCUT2D eigenvalue weighted by Crippen LogP contribution is -2.47. The van der Waals surface area contributed by atoms with E-state index in [4.69, 9.17) is 5.11 Å². The lowest BCUT2D eigenvalue weighted by Gasteiger charge is -2.18. The number of halogens is 1. The van der Waals surface area contributed by atoms with Crippen molar-refractivity contribution in [1.29, 1.82) is 0 Å². The molecular weight excluding hydrogens is 468 g/mol. The highest BCUT2D eigenvalue weighted by Crippen LogP contribution is 2.14. The van der Waals surface area contributed by atoms with Gasteiger partial charge in [-0.25, -0.2) is 0 Å². The maximum atomic E-state index is 12.7. The lowest BCUT2D eigenvalue weighted by molar-refractivity contribution is -0.137. The molecule has 0 aliphatic carbocycles. The zero-order valence-corrected chi connectivity index (χ0v) is 18.6. The van der Waals surface area contributed by atoms with Crippen LogP contribution in [0.5, 0.6) is 0 Å². The molecule has 166 valence electrons. The number of rotatable bonds is 11. The Hall–Kier alpha value is -3.14. The molecule has 10 heteroatoms. The third kappa shape index (κ3) is 8.63. The quantitative estimate of drug-likeness (QED) is 0.354. The number of aromatic nitrogens is 1. The van der Waals surface area contributed by atoms with E-state index in [1.54, 1.807) is 6.07 Å². The molecule has 0 fully saturated rings. The SMILES string of the molecule is Cc1ccn(Cc2cccc(NC(=O)[C@H](CCC(=O)O)NC(=O)CNC(=O)CBr)c2)c1. The number of hydrogen-bond acceptors (Lipinski definition) is 4. The fraction of sp³-hybridized carbons (Fsp3) is 0.333. The first-order valence-electron chi connectivity index (χ1n) is 9.63. The molecule has 1 atom stereocenters. The van der Waals surface area contributed by atoms with E-state index in [1.165, 1.54) is 0 Å². The Labute approximate surface area is 188 Å². The second-order valence-corrected chi connectivity index (χ2v) is 7.57. The van der Waals surface area contributed by atoms with Crippen molar-refractivity contribution in [2.45, 2.75) is 32.4 Å². The molecule has 31 heavy (non-hydrogen) atoms. The monoisotopic (exact) mass is 492 g/mol. The van der Waals surface area contributed by atoms with Crippen molar-refractivity contribution in [3.8, 4) is 0 Å². The average molecular weight is 493 g/mol. The predicted octanol–water partition coefficient (Wildman–Crippen LogP) is 1.64. The van der Waals surface area contributed by atoms with E-state index in [1.807, 2.05) is 48.1 Å². The first kappa shape index (κ1) is 24.1. The van der Waals surface area contributed by atoms with Crippen molar-refractivity contribution in [2.24, 2.45) is 0 Å². The van der Waals surface area contributed by atoms with E-state index in [2.05, 4.69) is 31.9 Å². The summed E-state index contributed by atoms with van der Waals surface area (Å²) in [5.74, 6) is -2.58. The minimum absolute atomic E-state index is 0.0438. The van der Waals surface area contributed by atoms with Crippen LogP contribution in [0.4, 0.5) is 5.69 Å². The number of aryl methyl sites for hydroxylation is 1. The Morgan fingerprint density at radius 1 is 1.16 bits per heavy atom. The van der Waals surface area contributed by atoms with Gasteiger partial charge in [0.1, 0.15) is 6.04 Å². The van der Waals surface area contributed by atoms with Crippen LogP contribution >= 0.6 is 15.9 Å². The molecule has 4 N–H and O–H groups in total. The predicted molar refractivity (Wildman–Crippen MR) is 119 cm³/mol. The minimum Gasteiger partial charge on any atom is -0.481 e. The Morgan fingerprint density at radius 2 is 1.94 bits per heavy atom. The number of nitrogens with zero attached hydrogens (tertiary/aromatic N) is 1. The number of hydrogen-bond donors (Lipinski definition) is 4. The summed E-state index contributed by atoms with van der Waals surface area (Å²) in [5.41, 5.74) is 2.65. The zero-order chi connectivity index (χ0) is 22.8. The van der Waals surface area contributed by atoms with Crippen LogP contribution in [-0.4, -0.2) is 51.3 Å². The second-order valence-electron chi connectivity index (χ2n) is 7.01. The van der Waals surface area contributed by atoms with Gasteiger partial charge in [-0.2, -0.15) is 0 Å². The van der Waals surface area contributed by atoms with Gasteiger partial charge in [0.05, 0.1) is 11.9 Å². The molecule has 1 aromatic carbocycles. The van der Waals surface area contributed by atoms with E-state index >= 15 is 0 Å². The standard InChI is InChI=1S/C21H25BrN4O5/c1-14-7-8-26(12-14)13-15-3-2-4-16(9-15)24-21(31)17(5-6-20(29)30)25-19(28)11-23-18(27)10-22/h2-4,7-9,12,17H,5-6,10-11,13H2,1H3,(H,23,27)(H,24,31)(H,25,28)(H,29,30)/t17-/m0/s1. The lowest BCUT2D eigenvalue weighted by atomic mass is 10.1. The normalized spacial score (nSPS) is 11.4. The van der Waals surface area contributed by atoms with Crippen LogP contribution in [0, 0.1) is 6.92 Å². The van der Waals surface area contributed by atoms with Gasteiger partial charge in [0.2, 0.25) is 17.7 Å². The first-order valence-corrected chi connectivity index (χ1v) is 10.7. The van der Waals surface area contributed by atoms with Crippen LogP contribution in [0.3, 0.4) is 0 Å². The molecule has 0 aliphatic heterocycles. The van der Waals surface area contributed by atoms with Gasteiger partial charge in [-0.05, 0) is 42.7 Å². The first-order chi connectivity index (χ1) is 14.8. The summed E-state index contributed by atoms with van der Waals surface area (Å²) >= 11 is 2.97. The molecule has 1 heterocycles. The topological polar surface area (TPSA) is 130 Å². The van der Waals surface area contributed by atoms with Crippen molar-refractivity contribution >= 4 is 45.3 Å². The third-order valence-electron chi connectivity index (χ3n) is 4.32. The number of anilines is 1. The van der Waals surface area contributed by atoms with Gasteiger partial charge >= 0.3 is 5.97 Å². The smallest absolute Gasteiger partial charge is 0.303 e. The van der Waals surface area contributed by atoms with E-state index in [-0.39, 0.29) is 30.6 Å².